The molecule has 1 N–H and O–H groups in total. The van der Waals surface area contributed by atoms with E-state index in [2.05, 4.69) is 10.4 Å². The zero-order valence-corrected chi connectivity index (χ0v) is 17.7. The van der Waals surface area contributed by atoms with Crippen molar-refractivity contribution in [2.45, 2.75) is 20.8 Å². The number of carbonyl (C=O) groups excluding carboxylic acids is 2. The van der Waals surface area contributed by atoms with Gasteiger partial charge in [0.1, 0.15) is 4.88 Å². The normalized spacial score (nSPS) is 10.9. The van der Waals surface area contributed by atoms with Crippen LogP contribution in [0.15, 0.2) is 54.6 Å². The van der Waals surface area contributed by atoms with E-state index in [1.165, 1.54) is 11.3 Å². The van der Waals surface area contributed by atoms with E-state index in [1.807, 2.05) is 69.3 Å². The number of benzene rings is 2. The second kappa shape index (κ2) is 8.12. The van der Waals surface area contributed by atoms with Crippen LogP contribution in [0.5, 0.6) is 0 Å². The number of hydrogen-bond donors (Lipinski definition) is 1. The summed E-state index contributed by atoms with van der Waals surface area (Å²) in [6.07, 6.45) is 0. The number of thiophene rings is 1. The van der Waals surface area contributed by atoms with E-state index in [-0.39, 0.29) is 6.61 Å². The molecule has 1 amide bonds. The second-order valence-electron chi connectivity index (χ2n) is 7.07. The van der Waals surface area contributed by atoms with E-state index in [0.29, 0.717) is 16.3 Å². The molecule has 0 saturated carbocycles. The number of amides is 1. The minimum atomic E-state index is -0.504. The van der Waals surface area contributed by atoms with Crippen LogP contribution in [-0.2, 0) is 9.53 Å². The highest BCUT2D eigenvalue weighted by Crippen LogP contribution is 2.26. The van der Waals surface area contributed by atoms with Gasteiger partial charge in [-0.2, -0.15) is 5.10 Å². The van der Waals surface area contributed by atoms with Crippen LogP contribution < -0.4 is 5.32 Å². The molecule has 0 saturated heterocycles. The van der Waals surface area contributed by atoms with Gasteiger partial charge in [-0.25, -0.2) is 9.48 Å². The summed E-state index contributed by atoms with van der Waals surface area (Å²) in [4.78, 5) is 25.2. The molecule has 0 radical (unpaired) electrons. The number of aryl methyl sites for hydroxylation is 2. The molecule has 2 aromatic carbocycles. The standard InChI is InChI=1S/C23H21N3O3S/c1-14-8-10-18(11-9-14)26-16(3)22(15(2)25-26)24-21(27)13-29-23(28)20-12-17-6-4-5-7-19(17)30-20/h4-12H,13H2,1-3H3,(H,24,27). The number of fused-ring (bicyclic) bond motifs is 1. The Balaban J connectivity index is 1.42. The van der Waals surface area contributed by atoms with Gasteiger partial charge in [0.15, 0.2) is 6.61 Å². The second-order valence-corrected chi connectivity index (χ2v) is 8.15. The molecule has 4 rings (SSSR count). The number of carbonyl (C=O) groups is 2. The van der Waals surface area contributed by atoms with Gasteiger partial charge >= 0.3 is 5.97 Å². The van der Waals surface area contributed by atoms with Crippen molar-refractivity contribution in [1.82, 2.24) is 9.78 Å². The summed E-state index contributed by atoms with van der Waals surface area (Å²) >= 11 is 1.35. The van der Waals surface area contributed by atoms with Gasteiger partial charge in [0.25, 0.3) is 5.91 Å². The van der Waals surface area contributed by atoms with Crippen LogP contribution >= 0.6 is 11.3 Å². The van der Waals surface area contributed by atoms with Crippen molar-refractivity contribution in [2.75, 3.05) is 11.9 Å². The van der Waals surface area contributed by atoms with Crippen LogP contribution in [0, 0.1) is 20.8 Å². The van der Waals surface area contributed by atoms with Gasteiger partial charge in [-0.15, -0.1) is 11.3 Å². The molecule has 2 heterocycles. The van der Waals surface area contributed by atoms with Gasteiger partial charge in [0, 0.05) is 4.70 Å². The fourth-order valence-corrected chi connectivity index (χ4v) is 4.18. The number of hydrogen-bond acceptors (Lipinski definition) is 5. The van der Waals surface area contributed by atoms with Gasteiger partial charge < -0.3 is 10.1 Å². The molecule has 0 aliphatic rings. The predicted octanol–water partition coefficient (Wildman–Crippen LogP) is 4.81. The molecule has 30 heavy (non-hydrogen) atoms. The molecule has 0 spiro atoms. The molecule has 0 atom stereocenters. The fraction of sp³-hybridized carbons (Fsp3) is 0.174. The monoisotopic (exact) mass is 419 g/mol. The number of esters is 1. The first-order valence-electron chi connectivity index (χ1n) is 9.51. The molecule has 0 unspecified atom stereocenters. The first-order valence-corrected chi connectivity index (χ1v) is 10.3. The van der Waals surface area contributed by atoms with Crippen LogP contribution in [0.3, 0.4) is 0 Å². The summed E-state index contributed by atoms with van der Waals surface area (Å²) in [5, 5.41) is 8.32. The highest BCUT2D eigenvalue weighted by Gasteiger charge is 2.17. The third-order valence-corrected chi connectivity index (χ3v) is 5.89. The summed E-state index contributed by atoms with van der Waals surface area (Å²) in [5.41, 5.74) is 4.20. The molecule has 0 bridgehead atoms. The molecule has 6 nitrogen and oxygen atoms in total. The Morgan fingerprint density at radius 1 is 1.07 bits per heavy atom. The number of rotatable bonds is 5. The first-order chi connectivity index (χ1) is 14.4. The maximum atomic E-state index is 12.4. The van der Waals surface area contributed by atoms with E-state index >= 15 is 0 Å². The Morgan fingerprint density at radius 2 is 1.80 bits per heavy atom. The minimum Gasteiger partial charge on any atom is -0.451 e. The van der Waals surface area contributed by atoms with Crippen molar-refractivity contribution in [3.05, 3.63) is 76.4 Å². The lowest BCUT2D eigenvalue weighted by molar-refractivity contribution is -0.119. The average molecular weight is 420 g/mol. The zero-order valence-electron chi connectivity index (χ0n) is 16.9. The number of anilines is 1. The van der Waals surface area contributed by atoms with E-state index < -0.39 is 11.9 Å². The lowest BCUT2D eigenvalue weighted by Gasteiger charge is -2.08. The fourth-order valence-electron chi connectivity index (χ4n) is 3.22. The highest BCUT2D eigenvalue weighted by molar-refractivity contribution is 7.20. The smallest absolute Gasteiger partial charge is 0.348 e. The summed E-state index contributed by atoms with van der Waals surface area (Å²) in [6, 6.07) is 17.5. The molecular formula is C23H21N3O3S. The molecule has 4 aromatic rings. The maximum absolute atomic E-state index is 12.4. The first kappa shape index (κ1) is 19.8. The van der Waals surface area contributed by atoms with E-state index in [1.54, 1.807) is 10.7 Å². The van der Waals surface area contributed by atoms with Crippen LogP contribution in [0.1, 0.15) is 26.6 Å². The Hall–Kier alpha value is -3.45. The van der Waals surface area contributed by atoms with Gasteiger partial charge in [-0.05, 0) is 50.4 Å². The van der Waals surface area contributed by atoms with E-state index in [4.69, 9.17) is 4.74 Å². The van der Waals surface area contributed by atoms with Crippen molar-refractivity contribution in [2.24, 2.45) is 0 Å². The van der Waals surface area contributed by atoms with Gasteiger partial charge in [0.05, 0.1) is 22.8 Å². The molecule has 7 heteroatoms. The van der Waals surface area contributed by atoms with Crippen molar-refractivity contribution >= 4 is 39.0 Å². The zero-order chi connectivity index (χ0) is 21.3. The number of nitrogens with one attached hydrogen (secondary N) is 1. The molecule has 0 aliphatic carbocycles. The Kier molecular flexibility index (Phi) is 5.37. The van der Waals surface area contributed by atoms with Gasteiger partial charge in [-0.3, -0.25) is 4.79 Å². The van der Waals surface area contributed by atoms with Crippen molar-refractivity contribution in [1.29, 1.82) is 0 Å². The largest absolute Gasteiger partial charge is 0.451 e. The average Bonchev–Trinajstić information content (AvgIpc) is 3.29. The quantitative estimate of drug-likeness (QED) is 0.471. The third kappa shape index (κ3) is 3.97. The topological polar surface area (TPSA) is 73.2 Å². The molecule has 0 fully saturated rings. The Bertz CT molecular complexity index is 1210. The van der Waals surface area contributed by atoms with Gasteiger partial charge in [0.2, 0.25) is 0 Å². The van der Waals surface area contributed by atoms with Crippen molar-refractivity contribution in [3.63, 3.8) is 0 Å². The maximum Gasteiger partial charge on any atom is 0.348 e. The summed E-state index contributed by atoms with van der Waals surface area (Å²) in [5.74, 6) is -0.908. The third-order valence-electron chi connectivity index (χ3n) is 4.80. The Labute approximate surface area is 178 Å². The van der Waals surface area contributed by atoms with E-state index in [0.717, 1.165) is 27.0 Å². The molecule has 152 valence electrons. The van der Waals surface area contributed by atoms with Crippen molar-refractivity contribution < 1.29 is 14.3 Å². The van der Waals surface area contributed by atoms with Gasteiger partial charge in [-0.1, -0.05) is 35.9 Å². The molecule has 0 aliphatic heterocycles. The summed E-state index contributed by atoms with van der Waals surface area (Å²) in [6.45, 7) is 5.38. The summed E-state index contributed by atoms with van der Waals surface area (Å²) < 4.78 is 8.00. The lowest BCUT2D eigenvalue weighted by Crippen LogP contribution is -2.21. The Morgan fingerprint density at radius 3 is 2.53 bits per heavy atom. The molecular weight excluding hydrogens is 398 g/mol. The SMILES string of the molecule is Cc1ccc(-n2nc(C)c(NC(=O)COC(=O)c3cc4ccccc4s3)c2C)cc1. The van der Waals surface area contributed by atoms with Crippen LogP contribution in [0.2, 0.25) is 0 Å². The number of nitrogens with zero attached hydrogens (tertiary/aromatic N) is 2. The molecule has 2 aromatic heterocycles. The lowest BCUT2D eigenvalue weighted by atomic mass is 10.2. The van der Waals surface area contributed by atoms with E-state index in [9.17, 15) is 9.59 Å². The summed E-state index contributed by atoms with van der Waals surface area (Å²) in [7, 11) is 0. The highest BCUT2D eigenvalue weighted by atomic mass is 32.1. The van der Waals surface area contributed by atoms with Crippen LogP contribution in [-0.4, -0.2) is 28.3 Å². The van der Waals surface area contributed by atoms with Crippen molar-refractivity contribution in [3.8, 4) is 5.69 Å². The van der Waals surface area contributed by atoms with Crippen LogP contribution in [0.25, 0.3) is 15.8 Å². The predicted molar refractivity (Wildman–Crippen MR) is 119 cm³/mol. The minimum absolute atomic E-state index is 0.359. The van der Waals surface area contributed by atoms with Crippen LogP contribution in [0.4, 0.5) is 5.69 Å². The number of ether oxygens (including phenoxy) is 1. The number of aromatic nitrogens is 2.